The normalized spacial score (nSPS) is 36.3. The molecule has 0 aromatic carbocycles. The molecule has 1 heterocycles. The van der Waals surface area contributed by atoms with E-state index in [1.54, 1.807) is 0 Å². The van der Waals surface area contributed by atoms with Crippen molar-refractivity contribution in [2.24, 2.45) is 11.8 Å². The molecule has 5 nitrogen and oxygen atoms in total. The summed E-state index contributed by atoms with van der Waals surface area (Å²) in [5, 5.41) is 11.7. The molecular weight excluding hydrogens is 232 g/mol. The second-order valence-corrected chi connectivity index (χ2v) is 5.90. The molecule has 1 aliphatic carbocycles. The number of rotatable bonds is 3. The van der Waals surface area contributed by atoms with Crippen LogP contribution in [0.1, 0.15) is 39.5 Å². The zero-order valence-electron chi connectivity index (χ0n) is 11.1. The van der Waals surface area contributed by atoms with Gasteiger partial charge in [0.15, 0.2) is 0 Å². The lowest BCUT2D eigenvalue weighted by Gasteiger charge is -2.37. The molecule has 1 saturated carbocycles. The van der Waals surface area contributed by atoms with Crippen LogP contribution in [0.3, 0.4) is 0 Å². The maximum absolute atomic E-state index is 12.5. The molecule has 0 radical (unpaired) electrons. The van der Waals surface area contributed by atoms with Crippen molar-refractivity contribution >= 4 is 11.9 Å². The van der Waals surface area contributed by atoms with Gasteiger partial charge in [0, 0.05) is 13.2 Å². The third-order valence-electron chi connectivity index (χ3n) is 3.98. The summed E-state index contributed by atoms with van der Waals surface area (Å²) in [5.74, 6) is 0.811. The van der Waals surface area contributed by atoms with Gasteiger partial charge in [-0.15, -0.1) is 0 Å². The van der Waals surface area contributed by atoms with E-state index in [4.69, 9.17) is 5.11 Å². The van der Waals surface area contributed by atoms with Crippen molar-refractivity contribution in [3.8, 4) is 0 Å². The van der Waals surface area contributed by atoms with E-state index < -0.39 is 5.54 Å². The second-order valence-electron chi connectivity index (χ2n) is 5.90. The van der Waals surface area contributed by atoms with Crippen molar-refractivity contribution < 1.29 is 14.7 Å². The van der Waals surface area contributed by atoms with E-state index >= 15 is 0 Å². The van der Waals surface area contributed by atoms with E-state index in [0.29, 0.717) is 24.8 Å². The van der Waals surface area contributed by atoms with Crippen molar-refractivity contribution in [2.45, 2.75) is 45.1 Å². The van der Waals surface area contributed by atoms with Gasteiger partial charge >= 0.3 is 6.03 Å². The highest BCUT2D eigenvalue weighted by Gasteiger charge is 2.53. The number of hydrogen-bond donors (Lipinski definition) is 2. The Morgan fingerprint density at radius 2 is 1.94 bits per heavy atom. The van der Waals surface area contributed by atoms with Crippen LogP contribution in [0.5, 0.6) is 0 Å². The number of nitrogens with one attached hydrogen (secondary N) is 1. The highest BCUT2D eigenvalue weighted by molar-refractivity contribution is 6.07. The van der Waals surface area contributed by atoms with Crippen molar-refractivity contribution in [2.75, 3.05) is 13.2 Å². The van der Waals surface area contributed by atoms with E-state index in [9.17, 15) is 9.59 Å². The van der Waals surface area contributed by atoms with Gasteiger partial charge in [0.25, 0.3) is 5.91 Å². The zero-order chi connectivity index (χ0) is 13.3. The first-order valence-electron chi connectivity index (χ1n) is 6.73. The van der Waals surface area contributed by atoms with E-state index in [1.165, 1.54) is 4.90 Å². The second kappa shape index (κ2) is 4.88. The van der Waals surface area contributed by atoms with Gasteiger partial charge in [-0.2, -0.15) is 0 Å². The summed E-state index contributed by atoms with van der Waals surface area (Å²) in [6, 6.07) is -0.297. The minimum atomic E-state index is -0.677. The number of urea groups is 1. The molecule has 2 rings (SSSR count). The van der Waals surface area contributed by atoms with Gasteiger partial charge in [-0.1, -0.05) is 13.8 Å². The quantitative estimate of drug-likeness (QED) is 0.741. The SMILES string of the molecule is CC1CC(C)CC2(C1)NC(=O)N(CCCO)C2=O. The first-order valence-corrected chi connectivity index (χ1v) is 6.73. The molecule has 18 heavy (non-hydrogen) atoms. The van der Waals surface area contributed by atoms with Gasteiger partial charge in [0.05, 0.1) is 0 Å². The molecule has 3 amide bonds. The van der Waals surface area contributed by atoms with Crippen molar-refractivity contribution in [1.82, 2.24) is 10.2 Å². The molecule has 2 fully saturated rings. The standard InChI is InChI=1S/C13H22N2O3/c1-9-6-10(2)8-13(7-9)11(17)15(4-3-5-16)12(18)14-13/h9-10,16H,3-8H2,1-2H3,(H,14,18). The maximum Gasteiger partial charge on any atom is 0.325 e. The Morgan fingerprint density at radius 3 is 2.50 bits per heavy atom. The van der Waals surface area contributed by atoms with E-state index in [0.717, 1.165) is 19.3 Å². The molecule has 1 saturated heterocycles. The molecule has 102 valence electrons. The Bertz CT molecular complexity index is 346. The summed E-state index contributed by atoms with van der Waals surface area (Å²) in [7, 11) is 0. The number of aliphatic hydroxyl groups excluding tert-OH is 1. The van der Waals surface area contributed by atoms with Crippen LogP contribution in [-0.4, -0.2) is 40.6 Å². The van der Waals surface area contributed by atoms with Gasteiger partial charge in [-0.05, 0) is 37.5 Å². The predicted molar refractivity (Wildman–Crippen MR) is 66.9 cm³/mol. The number of imide groups is 1. The summed E-state index contributed by atoms with van der Waals surface area (Å²) >= 11 is 0. The summed E-state index contributed by atoms with van der Waals surface area (Å²) in [4.78, 5) is 25.6. The molecule has 2 aliphatic rings. The number of carbonyl (C=O) groups excluding carboxylic acids is 2. The Balaban J connectivity index is 2.15. The largest absolute Gasteiger partial charge is 0.396 e. The van der Waals surface area contributed by atoms with Crippen LogP contribution in [-0.2, 0) is 4.79 Å². The van der Waals surface area contributed by atoms with Crippen molar-refractivity contribution in [3.63, 3.8) is 0 Å². The van der Waals surface area contributed by atoms with Crippen LogP contribution >= 0.6 is 0 Å². The predicted octanol–water partition coefficient (Wildman–Crippen LogP) is 1.12. The fourth-order valence-electron chi connectivity index (χ4n) is 3.51. The number of amides is 3. The molecule has 1 aliphatic heterocycles. The number of nitrogens with zero attached hydrogens (tertiary/aromatic N) is 1. The topological polar surface area (TPSA) is 69.6 Å². The minimum Gasteiger partial charge on any atom is -0.396 e. The third kappa shape index (κ3) is 2.23. The first-order chi connectivity index (χ1) is 8.48. The molecule has 0 aromatic rings. The summed E-state index contributed by atoms with van der Waals surface area (Å²) < 4.78 is 0. The lowest BCUT2D eigenvalue weighted by molar-refractivity contribution is -0.133. The Labute approximate surface area is 108 Å². The highest BCUT2D eigenvalue weighted by atomic mass is 16.3. The van der Waals surface area contributed by atoms with Crippen molar-refractivity contribution in [3.05, 3.63) is 0 Å². The van der Waals surface area contributed by atoms with E-state index in [2.05, 4.69) is 19.2 Å². The number of carbonyl (C=O) groups is 2. The monoisotopic (exact) mass is 254 g/mol. The fourth-order valence-corrected chi connectivity index (χ4v) is 3.51. The molecule has 2 atom stereocenters. The van der Waals surface area contributed by atoms with Crippen LogP contribution in [0.4, 0.5) is 4.79 Å². The smallest absolute Gasteiger partial charge is 0.325 e. The average Bonchev–Trinajstić information content (AvgIpc) is 2.47. The van der Waals surface area contributed by atoms with Crippen LogP contribution in [0.25, 0.3) is 0 Å². The van der Waals surface area contributed by atoms with Gasteiger partial charge in [-0.25, -0.2) is 4.79 Å². The molecular formula is C13H22N2O3. The van der Waals surface area contributed by atoms with Crippen molar-refractivity contribution in [1.29, 1.82) is 0 Å². The summed E-state index contributed by atoms with van der Waals surface area (Å²) in [5.41, 5.74) is -0.677. The highest BCUT2D eigenvalue weighted by Crippen LogP contribution is 2.39. The molecule has 2 N–H and O–H groups in total. The average molecular weight is 254 g/mol. The number of hydrogen-bond acceptors (Lipinski definition) is 3. The maximum atomic E-state index is 12.5. The molecule has 2 unspecified atom stereocenters. The minimum absolute atomic E-state index is 0.00311. The van der Waals surface area contributed by atoms with Gasteiger partial charge in [0.2, 0.25) is 0 Å². The van der Waals surface area contributed by atoms with Gasteiger partial charge in [-0.3, -0.25) is 9.69 Å². The fraction of sp³-hybridized carbons (Fsp3) is 0.846. The number of aliphatic hydroxyl groups is 1. The Kier molecular flexibility index (Phi) is 3.61. The lowest BCUT2D eigenvalue weighted by atomic mass is 9.71. The Morgan fingerprint density at radius 1 is 1.33 bits per heavy atom. The Hall–Kier alpha value is -1.10. The summed E-state index contributed by atoms with van der Waals surface area (Å²) in [6.07, 6.45) is 3.02. The van der Waals surface area contributed by atoms with E-state index in [-0.39, 0.29) is 18.5 Å². The van der Waals surface area contributed by atoms with Gasteiger partial charge in [0.1, 0.15) is 5.54 Å². The van der Waals surface area contributed by atoms with Crippen LogP contribution in [0.15, 0.2) is 0 Å². The van der Waals surface area contributed by atoms with Crippen LogP contribution in [0.2, 0.25) is 0 Å². The molecule has 1 spiro atoms. The van der Waals surface area contributed by atoms with Gasteiger partial charge < -0.3 is 10.4 Å². The van der Waals surface area contributed by atoms with E-state index in [1.807, 2.05) is 0 Å². The van der Waals surface area contributed by atoms with Crippen LogP contribution < -0.4 is 5.32 Å². The molecule has 5 heteroatoms. The van der Waals surface area contributed by atoms with Crippen LogP contribution in [0, 0.1) is 11.8 Å². The first kappa shape index (κ1) is 13.3. The summed E-state index contributed by atoms with van der Waals surface area (Å²) in [6.45, 7) is 4.57. The molecule has 0 aromatic heterocycles. The lowest BCUT2D eigenvalue weighted by Crippen LogP contribution is -2.52. The zero-order valence-corrected chi connectivity index (χ0v) is 11.1. The third-order valence-corrected chi connectivity index (χ3v) is 3.98. The molecule has 0 bridgehead atoms.